The molecule has 68 valence electrons. The van der Waals surface area contributed by atoms with Crippen LogP contribution in [0.4, 0.5) is 4.79 Å². The highest BCUT2D eigenvalue weighted by molar-refractivity contribution is 6.01. The molecule has 0 radical (unpaired) electrons. The summed E-state index contributed by atoms with van der Waals surface area (Å²) in [6, 6.07) is -1.04. The van der Waals surface area contributed by atoms with Crippen molar-refractivity contribution in [2.75, 3.05) is 0 Å². The van der Waals surface area contributed by atoms with Crippen LogP contribution in [0.5, 0.6) is 0 Å². The minimum absolute atomic E-state index is 0. The Bertz CT molecular complexity index is 223. The van der Waals surface area contributed by atoms with Crippen LogP contribution in [-0.4, -0.2) is 17.9 Å². The van der Waals surface area contributed by atoms with Crippen LogP contribution in [0.25, 0.3) is 0 Å². The first-order chi connectivity index (χ1) is 5.02. The van der Waals surface area contributed by atoms with E-state index in [1.807, 2.05) is 0 Å². The van der Waals surface area contributed by atoms with E-state index in [0.29, 0.717) is 12.2 Å². The molecule has 3 amide bonds. The molecule has 12 heavy (non-hydrogen) atoms. The van der Waals surface area contributed by atoms with Gasteiger partial charge in [0.05, 0.1) is 5.97 Å². The van der Waals surface area contributed by atoms with Gasteiger partial charge >= 0.3 is 6.03 Å². The Morgan fingerprint density at radius 1 is 1.25 bits per heavy atom. The Morgan fingerprint density at radius 3 is 2.08 bits per heavy atom. The number of amides is 3. The smallest absolute Gasteiger partial charge is 0.319 e. The number of carboxylic acid groups (broad SMARTS) is 1. The van der Waals surface area contributed by atoms with E-state index in [2.05, 4.69) is 5.73 Å². The van der Waals surface area contributed by atoms with E-state index in [4.69, 9.17) is 0 Å². The van der Waals surface area contributed by atoms with Crippen LogP contribution in [0, 0.1) is 0 Å². The molecule has 0 saturated heterocycles. The highest BCUT2D eigenvalue weighted by atomic mass is 16.4. The minimum atomic E-state index is -1.52. The SMILES string of the molecule is NC(=O)NC(=O)C=CC(=O)[O-].[NH4+]. The number of carbonyl (C=O) groups excluding carboxylic acids is 3. The molecule has 0 rings (SSSR count). The van der Waals surface area contributed by atoms with Crippen LogP contribution in [-0.2, 0) is 9.59 Å². The molecule has 0 fully saturated rings. The average Bonchev–Trinajstić information content (AvgIpc) is 1.82. The van der Waals surface area contributed by atoms with E-state index in [1.54, 1.807) is 5.32 Å². The van der Waals surface area contributed by atoms with Crippen molar-refractivity contribution in [3.8, 4) is 0 Å². The van der Waals surface area contributed by atoms with E-state index >= 15 is 0 Å². The fourth-order valence-corrected chi connectivity index (χ4v) is 0.307. The lowest BCUT2D eigenvalue weighted by Crippen LogP contribution is -2.34. The number of carbonyl (C=O) groups is 3. The summed E-state index contributed by atoms with van der Waals surface area (Å²) in [5.41, 5.74) is 4.53. The lowest BCUT2D eigenvalue weighted by atomic mass is 10.5. The lowest BCUT2D eigenvalue weighted by molar-refractivity contribution is -0.297. The van der Waals surface area contributed by atoms with Gasteiger partial charge in [0.15, 0.2) is 0 Å². The number of hydrogen-bond donors (Lipinski definition) is 3. The highest BCUT2D eigenvalue weighted by Crippen LogP contribution is 1.70. The standard InChI is InChI=1S/C5H6N2O4.H3N/c6-5(11)7-3(8)1-2-4(9)10;/h1-2H,(H,9,10)(H3,6,7,8,11);1H3. The maximum atomic E-state index is 10.4. The van der Waals surface area contributed by atoms with E-state index in [0.717, 1.165) is 0 Å². The summed E-state index contributed by atoms with van der Waals surface area (Å²) in [6.07, 6.45) is 1.11. The number of nitrogens with one attached hydrogen (secondary N) is 1. The number of hydrogen-bond acceptors (Lipinski definition) is 4. The number of quaternary nitrogens is 1. The summed E-state index contributed by atoms with van der Waals surface area (Å²) >= 11 is 0. The van der Waals surface area contributed by atoms with Gasteiger partial charge in [-0.25, -0.2) is 4.79 Å². The molecular formula is C5H9N3O4. The third-order valence-corrected chi connectivity index (χ3v) is 0.617. The normalized spacial score (nSPS) is 8.67. The molecule has 7 N–H and O–H groups in total. The number of aliphatic carboxylic acids is 1. The van der Waals surface area contributed by atoms with Gasteiger partial charge in [-0.1, -0.05) is 0 Å². The molecule has 0 aromatic heterocycles. The van der Waals surface area contributed by atoms with Crippen molar-refractivity contribution in [1.82, 2.24) is 11.5 Å². The van der Waals surface area contributed by atoms with Crippen molar-refractivity contribution in [2.24, 2.45) is 5.73 Å². The Labute approximate surface area is 67.8 Å². The van der Waals surface area contributed by atoms with Gasteiger partial charge in [0.25, 0.3) is 5.91 Å². The topological polar surface area (TPSA) is 149 Å². The highest BCUT2D eigenvalue weighted by Gasteiger charge is 1.96. The van der Waals surface area contributed by atoms with Crippen molar-refractivity contribution in [3.05, 3.63) is 12.2 Å². The second-order valence-corrected chi connectivity index (χ2v) is 1.51. The Balaban J connectivity index is 0. The van der Waals surface area contributed by atoms with Gasteiger partial charge < -0.3 is 21.8 Å². The summed E-state index contributed by atoms with van der Waals surface area (Å²) in [4.78, 5) is 30.0. The number of urea groups is 1. The van der Waals surface area contributed by atoms with Gasteiger partial charge in [0.1, 0.15) is 0 Å². The fourth-order valence-electron chi connectivity index (χ4n) is 0.307. The van der Waals surface area contributed by atoms with Crippen LogP contribution >= 0.6 is 0 Å². The Kier molecular flexibility index (Phi) is 6.23. The molecule has 0 heterocycles. The van der Waals surface area contributed by atoms with Crippen molar-refractivity contribution in [2.45, 2.75) is 0 Å². The average molecular weight is 175 g/mol. The van der Waals surface area contributed by atoms with Crippen molar-refractivity contribution in [1.29, 1.82) is 0 Å². The molecule has 0 saturated carbocycles. The monoisotopic (exact) mass is 175 g/mol. The molecule has 0 aromatic rings. The van der Waals surface area contributed by atoms with Crippen molar-refractivity contribution in [3.63, 3.8) is 0 Å². The van der Waals surface area contributed by atoms with Gasteiger partial charge in [-0.15, -0.1) is 0 Å². The lowest BCUT2D eigenvalue weighted by Gasteiger charge is -1.93. The molecule has 0 aliphatic carbocycles. The summed E-state index contributed by atoms with van der Waals surface area (Å²) in [7, 11) is 0. The van der Waals surface area contributed by atoms with Crippen molar-refractivity contribution >= 4 is 17.9 Å². The van der Waals surface area contributed by atoms with E-state index < -0.39 is 17.9 Å². The molecular weight excluding hydrogens is 166 g/mol. The fraction of sp³-hybridized carbons (Fsp3) is 0. The van der Waals surface area contributed by atoms with Crippen LogP contribution in [0.3, 0.4) is 0 Å². The van der Waals surface area contributed by atoms with Gasteiger partial charge in [0, 0.05) is 6.08 Å². The molecule has 0 unspecified atom stereocenters. The van der Waals surface area contributed by atoms with Crippen LogP contribution in [0.1, 0.15) is 0 Å². The summed E-state index contributed by atoms with van der Waals surface area (Å²) < 4.78 is 0. The van der Waals surface area contributed by atoms with Crippen LogP contribution in [0.15, 0.2) is 12.2 Å². The molecule has 0 aliphatic heterocycles. The molecule has 0 spiro atoms. The van der Waals surface area contributed by atoms with E-state index in [-0.39, 0.29) is 6.15 Å². The Morgan fingerprint density at radius 2 is 1.75 bits per heavy atom. The first kappa shape index (κ1) is 12.8. The maximum absolute atomic E-state index is 10.4. The van der Waals surface area contributed by atoms with Gasteiger partial charge in [-0.2, -0.15) is 0 Å². The molecule has 7 nitrogen and oxygen atoms in total. The predicted octanol–water partition coefficient (Wildman–Crippen LogP) is -2.14. The first-order valence-electron chi connectivity index (χ1n) is 2.52. The second kappa shape index (κ2) is 5.86. The number of primary amides is 1. The maximum Gasteiger partial charge on any atom is 0.319 e. The van der Waals surface area contributed by atoms with Crippen LogP contribution in [0.2, 0.25) is 0 Å². The van der Waals surface area contributed by atoms with Crippen LogP contribution < -0.4 is 22.3 Å². The summed E-state index contributed by atoms with van der Waals surface area (Å²) in [5.74, 6) is -2.42. The third kappa shape index (κ3) is 8.11. The largest absolute Gasteiger partial charge is 0.545 e. The summed E-state index contributed by atoms with van der Waals surface area (Å²) in [5, 5.41) is 11.3. The van der Waals surface area contributed by atoms with E-state index in [1.165, 1.54) is 0 Å². The zero-order chi connectivity index (χ0) is 8.85. The quantitative estimate of drug-likeness (QED) is 0.410. The van der Waals surface area contributed by atoms with Gasteiger partial charge in [-0.05, 0) is 6.08 Å². The molecule has 7 heteroatoms. The van der Waals surface area contributed by atoms with Crippen molar-refractivity contribution < 1.29 is 19.5 Å². The van der Waals surface area contributed by atoms with Gasteiger partial charge in [0.2, 0.25) is 0 Å². The summed E-state index contributed by atoms with van der Waals surface area (Å²) in [6.45, 7) is 0. The Hall–Kier alpha value is -1.89. The zero-order valence-electron chi connectivity index (χ0n) is 6.37. The van der Waals surface area contributed by atoms with E-state index in [9.17, 15) is 19.5 Å². The molecule has 0 aromatic carbocycles. The second-order valence-electron chi connectivity index (χ2n) is 1.51. The number of rotatable bonds is 2. The minimum Gasteiger partial charge on any atom is -0.545 e. The zero-order valence-corrected chi connectivity index (χ0v) is 6.37. The molecule has 0 aliphatic rings. The predicted molar refractivity (Wildman–Crippen MR) is 37.9 cm³/mol. The molecule has 0 bridgehead atoms. The van der Waals surface area contributed by atoms with Gasteiger partial charge in [-0.3, -0.25) is 10.1 Å². The number of imide groups is 1. The third-order valence-electron chi connectivity index (χ3n) is 0.617. The number of carboxylic acids is 1. The number of nitrogens with two attached hydrogens (primary N) is 1. The molecule has 0 atom stereocenters. The first-order valence-corrected chi connectivity index (χ1v) is 2.52.